The molecule has 1 aromatic carbocycles. The van der Waals surface area contributed by atoms with Crippen molar-refractivity contribution in [3.63, 3.8) is 0 Å². The molecule has 1 aliphatic rings. The number of ether oxygens (including phenoxy) is 1. The molecule has 2 rings (SSSR count). The summed E-state index contributed by atoms with van der Waals surface area (Å²) in [4.78, 5) is 1.27. The van der Waals surface area contributed by atoms with E-state index in [1.165, 1.54) is 16.9 Å². The molecule has 3 nitrogen and oxygen atoms in total. The van der Waals surface area contributed by atoms with E-state index in [-0.39, 0.29) is 0 Å². The molecule has 106 valence electrons. The highest BCUT2D eigenvalue weighted by Gasteiger charge is 2.15. The molecule has 1 aliphatic heterocycles. The lowest BCUT2D eigenvalue weighted by atomic mass is 10.1. The number of rotatable bonds is 7. The molecule has 0 spiro atoms. The summed E-state index contributed by atoms with van der Waals surface area (Å²) in [5.41, 5.74) is 1.38. The van der Waals surface area contributed by atoms with E-state index in [0.29, 0.717) is 13.2 Å². The highest BCUT2D eigenvalue weighted by molar-refractivity contribution is 7.99. The van der Waals surface area contributed by atoms with Crippen molar-refractivity contribution in [2.24, 2.45) is 0 Å². The maximum absolute atomic E-state index is 9.85. The van der Waals surface area contributed by atoms with Gasteiger partial charge in [-0.15, -0.1) is 11.8 Å². The van der Waals surface area contributed by atoms with Crippen molar-refractivity contribution in [3.8, 4) is 5.75 Å². The number of benzene rings is 1. The quantitative estimate of drug-likeness (QED) is 0.753. The van der Waals surface area contributed by atoms with Gasteiger partial charge in [0.25, 0.3) is 0 Å². The van der Waals surface area contributed by atoms with E-state index in [1.807, 2.05) is 23.9 Å². The van der Waals surface area contributed by atoms with Gasteiger partial charge < -0.3 is 15.2 Å². The summed E-state index contributed by atoms with van der Waals surface area (Å²) in [5, 5.41) is 13.0. The van der Waals surface area contributed by atoms with Gasteiger partial charge in [0.15, 0.2) is 0 Å². The van der Waals surface area contributed by atoms with Gasteiger partial charge in [-0.25, -0.2) is 0 Å². The summed E-state index contributed by atoms with van der Waals surface area (Å²) in [5.74, 6) is 2.09. The fourth-order valence-electron chi connectivity index (χ4n) is 2.16. The first-order valence-electron chi connectivity index (χ1n) is 7.07. The van der Waals surface area contributed by atoms with E-state index >= 15 is 0 Å². The average molecular weight is 281 g/mol. The van der Waals surface area contributed by atoms with Crippen LogP contribution in [0.25, 0.3) is 0 Å². The van der Waals surface area contributed by atoms with Gasteiger partial charge in [0.2, 0.25) is 0 Å². The summed E-state index contributed by atoms with van der Waals surface area (Å²) < 4.78 is 5.79. The maximum Gasteiger partial charge on any atom is 0.133 e. The van der Waals surface area contributed by atoms with E-state index in [0.717, 1.165) is 30.9 Å². The highest BCUT2D eigenvalue weighted by Crippen LogP contribution is 2.37. The van der Waals surface area contributed by atoms with Gasteiger partial charge in [0.1, 0.15) is 18.5 Å². The largest absolute Gasteiger partial charge is 0.490 e. The molecular weight excluding hydrogens is 258 g/mol. The summed E-state index contributed by atoms with van der Waals surface area (Å²) in [6.45, 7) is 4.00. The maximum atomic E-state index is 9.85. The molecular formula is C15H23NO2S. The molecule has 2 N–H and O–H groups in total. The summed E-state index contributed by atoms with van der Waals surface area (Å²) in [7, 11) is 0. The molecule has 0 saturated carbocycles. The van der Waals surface area contributed by atoms with Crippen LogP contribution in [0.1, 0.15) is 25.3 Å². The van der Waals surface area contributed by atoms with Crippen LogP contribution >= 0.6 is 11.8 Å². The van der Waals surface area contributed by atoms with Gasteiger partial charge in [-0.05, 0) is 43.2 Å². The van der Waals surface area contributed by atoms with Crippen molar-refractivity contribution < 1.29 is 9.84 Å². The predicted octanol–water partition coefficient (Wildman–Crippen LogP) is 2.46. The topological polar surface area (TPSA) is 41.5 Å². The summed E-state index contributed by atoms with van der Waals surface area (Å²) >= 11 is 1.87. The van der Waals surface area contributed by atoms with Gasteiger partial charge in [0, 0.05) is 6.54 Å². The first kappa shape index (κ1) is 14.7. The molecule has 4 heteroatoms. The molecule has 0 amide bonds. The second-order valence-electron chi connectivity index (χ2n) is 4.87. The van der Waals surface area contributed by atoms with E-state index in [2.05, 4.69) is 18.3 Å². The molecule has 1 heterocycles. The zero-order valence-corrected chi connectivity index (χ0v) is 12.3. The van der Waals surface area contributed by atoms with Crippen molar-refractivity contribution in [1.29, 1.82) is 0 Å². The van der Waals surface area contributed by atoms with Crippen LogP contribution in [0, 0.1) is 0 Å². The van der Waals surface area contributed by atoms with E-state index in [1.54, 1.807) is 0 Å². The molecule has 0 saturated heterocycles. The number of hydrogen-bond acceptors (Lipinski definition) is 4. The monoisotopic (exact) mass is 281 g/mol. The van der Waals surface area contributed by atoms with Gasteiger partial charge >= 0.3 is 0 Å². The Morgan fingerprint density at radius 2 is 2.37 bits per heavy atom. The van der Waals surface area contributed by atoms with Crippen LogP contribution in [0.5, 0.6) is 5.75 Å². The Morgan fingerprint density at radius 3 is 3.21 bits per heavy atom. The first-order valence-corrected chi connectivity index (χ1v) is 8.06. The first-order chi connectivity index (χ1) is 9.31. The molecule has 0 aliphatic carbocycles. The Kier molecular flexibility index (Phi) is 6.01. The van der Waals surface area contributed by atoms with Crippen LogP contribution in [-0.2, 0) is 6.42 Å². The Labute approximate surface area is 119 Å². The third kappa shape index (κ3) is 4.41. The normalized spacial score (nSPS) is 15.9. The predicted molar refractivity (Wildman–Crippen MR) is 80.1 cm³/mol. The van der Waals surface area contributed by atoms with Crippen LogP contribution in [0.15, 0.2) is 23.1 Å². The van der Waals surface area contributed by atoms with Gasteiger partial charge in [-0.1, -0.05) is 19.1 Å². The van der Waals surface area contributed by atoms with Crippen molar-refractivity contribution in [2.75, 3.05) is 25.4 Å². The second kappa shape index (κ2) is 7.78. The zero-order valence-electron chi connectivity index (χ0n) is 11.5. The third-order valence-electron chi connectivity index (χ3n) is 3.14. The molecule has 0 radical (unpaired) electrons. The SMILES string of the molecule is CCCNCC(O)COc1cccc2c1SCCC2. The second-order valence-corrected chi connectivity index (χ2v) is 5.97. The molecule has 0 aromatic heterocycles. The van der Waals surface area contributed by atoms with Gasteiger partial charge in [-0.2, -0.15) is 0 Å². The summed E-state index contributed by atoms with van der Waals surface area (Å²) in [6, 6.07) is 6.22. The summed E-state index contributed by atoms with van der Waals surface area (Å²) in [6.07, 6.45) is 3.01. The lowest BCUT2D eigenvalue weighted by Gasteiger charge is -2.20. The van der Waals surface area contributed by atoms with E-state index in [4.69, 9.17) is 4.74 Å². The van der Waals surface area contributed by atoms with E-state index in [9.17, 15) is 5.11 Å². The van der Waals surface area contributed by atoms with Crippen molar-refractivity contribution in [2.45, 2.75) is 37.2 Å². The smallest absolute Gasteiger partial charge is 0.133 e. The van der Waals surface area contributed by atoms with Crippen LogP contribution in [0.2, 0.25) is 0 Å². The minimum absolute atomic E-state index is 0.355. The Hall–Kier alpha value is -0.710. The van der Waals surface area contributed by atoms with Gasteiger partial charge in [-0.3, -0.25) is 0 Å². The minimum Gasteiger partial charge on any atom is -0.490 e. The number of hydrogen-bond donors (Lipinski definition) is 2. The van der Waals surface area contributed by atoms with Crippen LogP contribution in [0.4, 0.5) is 0 Å². The van der Waals surface area contributed by atoms with Crippen molar-refractivity contribution in [3.05, 3.63) is 23.8 Å². The van der Waals surface area contributed by atoms with Crippen molar-refractivity contribution >= 4 is 11.8 Å². The number of nitrogens with one attached hydrogen (secondary N) is 1. The van der Waals surface area contributed by atoms with Crippen LogP contribution in [0.3, 0.4) is 0 Å². The molecule has 19 heavy (non-hydrogen) atoms. The standard InChI is InChI=1S/C15H23NO2S/c1-2-8-16-10-13(17)11-18-14-7-3-5-12-6-4-9-19-15(12)14/h3,5,7,13,16-17H,2,4,6,8-11H2,1H3. The van der Waals surface area contributed by atoms with E-state index < -0.39 is 6.10 Å². The van der Waals surface area contributed by atoms with Crippen LogP contribution < -0.4 is 10.1 Å². The lowest BCUT2D eigenvalue weighted by molar-refractivity contribution is 0.105. The number of fused-ring (bicyclic) bond motifs is 1. The number of aliphatic hydroxyl groups excluding tert-OH is 1. The minimum atomic E-state index is -0.448. The number of thioether (sulfide) groups is 1. The zero-order chi connectivity index (χ0) is 13.5. The molecule has 0 fully saturated rings. The Morgan fingerprint density at radius 1 is 1.47 bits per heavy atom. The van der Waals surface area contributed by atoms with Gasteiger partial charge in [0.05, 0.1) is 4.90 Å². The molecule has 1 aromatic rings. The molecule has 1 unspecified atom stereocenters. The average Bonchev–Trinajstić information content (AvgIpc) is 2.45. The van der Waals surface area contributed by atoms with Crippen molar-refractivity contribution in [1.82, 2.24) is 5.32 Å². The molecule has 1 atom stereocenters. The molecule has 0 bridgehead atoms. The third-order valence-corrected chi connectivity index (χ3v) is 4.38. The number of aryl methyl sites for hydroxylation is 1. The Balaban J connectivity index is 1.85. The Bertz CT molecular complexity index is 398. The van der Waals surface area contributed by atoms with Crippen LogP contribution in [-0.4, -0.2) is 36.7 Å². The fraction of sp³-hybridized carbons (Fsp3) is 0.600. The number of aliphatic hydroxyl groups is 1. The fourth-order valence-corrected chi connectivity index (χ4v) is 3.28. The lowest BCUT2D eigenvalue weighted by Crippen LogP contribution is -2.31. The highest BCUT2D eigenvalue weighted by atomic mass is 32.2.